The van der Waals surface area contributed by atoms with Gasteiger partial charge in [-0.05, 0) is 39.0 Å². The highest BCUT2D eigenvalue weighted by Crippen LogP contribution is 2.19. The normalized spacial score (nSPS) is 11.3. The second-order valence-corrected chi connectivity index (χ2v) is 5.91. The first kappa shape index (κ1) is 19.8. The lowest BCUT2D eigenvalue weighted by atomic mass is 10.0. The van der Waals surface area contributed by atoms with Crippen molar-refractivity contribution in [1.82, 2.24) is 5.16 Å². The van der Waals surface area contributed by atoms with Crippen molar-refractivity contribution in [3.05, 3.63) is 46.8 Å². The zero-order valence-corrected chi connectivity index (χ0v) is 15.2. The van der Waals surface area contributed by atoms with Crippen molar-refractivity contribution in [2.75, 3.05) is 6.61 Å². The van der Waals surface area contributed by atoms with E-state index in [0.717, 1.165) is 11.3 Å². The molecule has 140 valence electrons. The highest BCUT2D eigenvalue weighted by Gasteiger charge is 2.22. The molecule has 8 nitrogen and oxygen atoms in total. The predicted molar refractivity (Wildman–Crippen MR) is 94.5 cm³/mol. The van der Waals surface area contributed by atoms with Crippen LogP contribution in [0.1, 0.15) is 34.3 Å². The van der Waals surface area contributed by atoms with Crippen LogP contribution in [0.4, 0.5) is 0 Å². The highest BCUT2D eigenvalue weighted by atomic mass is 16.5. The van der Waals surface area contributed by atoms with Gasteiger partial charge in [0.15, 0.2) is 12.4 Å². The fourth-order valence-electron chi connectivity index (χ4n) is 2.29. The van der Waals surface area contributed by atoms with Crippen LogP contribution in [0.15, 0.2) is 28.8 Å². The summed E-state index contributed by atoms with van der Waals surface area (Å²) in [6.07, 6.45) is 0. The molecule has 0 spiro atoms. The first-order chi connectivity index (χ1) is 12.8. The van der Waals surface area contributed by atoms with Crippen molar-refractivity contribution >= 4 is 17.5 Å². The summed E-state index contributed by atoms with van der Waals surface area (Å²) >= 11 is 0. The molecule has 0 saturated heterocycles. The lowest BCUT2D eigenvalue weighted by Gasteiger charge is -2.09. The van der Waals surface area contributed by atoms with Crippen molar-refractivity contribution in [2.24, 2.45) is 5.92 Å². The number of aromatic nitrogens is 1. The lowest BCUT2D eigenvalue weighted by molar-refractivity contribution is -0.122. The van der Waals surface area contributed by atoms with E-state index in [1.807, 2.05) is 6.92 Å². The Labute approximate surface area is 156 Å². The van der Waals surface area contributed by atoms with Crippen LogP contribution in [0.2, 0.25) is 0 Å². The minimum atomic E-state index is -1.21. The highest BCUT2D eigenvalue weighted by molar-refractivity contribution is 6.06. The van der Waals surface area contributed by atoms with Gasteiger partial charge in [-0.15, -0.1) is 0 Å². The van der Waals surface area contributed by atoms with Crippen LogP contribution in [0.5, 0.6) is 5.75 Å². The topological polar surface area (TPSA) is 126 Å². The van der Waals surface area contributed by atoms with Crippen molar-refractivity contribution < 1.29 is 23.6 Å². The van der Waals surface area contributed by atoms with Crippen LogP contribution in [0, 0.1) is 36.5 Å². The van der Waals surface area contributed by atoms with Gasteiger partial charge in [-0.25, -0.2) is 4.79 Å². The Bertz CT molecular complexity index is 891. The maximum absolute atomic E-state index is 12.1. The van der Waals surface area contributed by atoms with E-state index in [4.69, 9.17) is 24.7 Å². The molecule has 2 rings (SSSR count). The monoisotopic (exact) mass is 369 g/mol. The Balaban J connectivity index is 1.98. The van der Waals surface area contributed by atoms with Gasteiger partial charge in [-0.1, -0.05) is 11.2 Å². The number of nitrogens with zero attached hydrogens (tertiary/aromatic N) is 2. The van der Waals surface area contributed by atoms with E-state index in [1.165, 1.54) is 19.1 Å². The minimum Gasteiger partial charge on any atom is -0.489 e. The zero-order valence-electron chi connectivity index (χ0n) is 15.2. The molecule has 1 atom stereocenters. The molecule has 0 amide bonds. The second kappa shape index (κ2) is 8.76. The lowest BCUT2D eigenvalue weighted by Crippen LogP contribution is -2.25. The summed E-state index contributed by atoms with van der Waals surface area (Å²) in [6, 6.07) is 8.05. The van der Waals surface area contributed by atoms with Gasteiger partial charge in [0.25, 0.3) is 0 Å². The van der Waals surface area contributed by atoms with E-state index in [2.05, 4.69) is 5.16 Å². The number of carbonyl (C=O) groups is 2. The van der Waals surface area contributed by atoms with Crippen LogP contribution in [-0.4, -0.2) is 29.2 Å². The van der Waals surface area contributed by atoms with Crippen LogP contribution in [0.3, 0.4) is 0 Å². The molecule has 0 aliphatic rings. The molecule has 1 N–H and O–H groups in total. The fraction of sp³-hybridized carbons (Fsp3) is 0.316. The van der Waals surface area contributed by atoms with E-state index < -0.39 is 24.3 Å². The van der Waals surface area contributed by atoms with Crippen LogP contribution in [0.25, 0.3) is 0 Å². The number of esters is 1. The Hall–Kier alpha value is -3.47. The average Bonchev–Trinajstić information content (AvgIpc) is 2.96. The number of hydrogen-bond donors (Lipinski definition) is 1. The van der Waals surface area contributed by atoms with Crippen molar-refractivity contribution in [2.45, 2.75) is 27.4 Å². The molecule has 1 heterocycles. The molecule has 0 bridgehead atoms. The molecule has 1 aromatic carbocycles. The van der Waals surface area contributed by atoms with Gasteiger partial charge in [0.05, 0.1) is 22.9 Å². The maximum atomic E-state index is 12.1. The smallest absolute Gasteiger partial charge is 0.338 e. The third-order valence-electron chi connectivity index (χ3n) is 3.86. The number of nitrogens with one attached hydrogen (secondary N) is 1. The van der Waals surface area contributed by atoms with E-state index in [-0.39, 0.29) is 17.9 Å². The summed E-state index contributed by atoms with van der Waals surface area (Å²) in [5.41, 5.74) is 1.68. The Morgan fingerprint density at radius 3 is 2.70 bits per heavy atom. The minimum absolute atomic E-state index is 0.0896. The quantitative estimate of drug-likeness (QED) is 0.560. The molecule has 0 saturated carbocycles. The van der Waals surface area contributed by atoms with E-state index in [1.54, 1.807) is 25.1 Å². The van der Waals surface area contributed by atoms with E-state index in [9.17, 15) is 9.59 Å². The molecule has 27 heavy (non-hydrogen) atoms. The van der Waals surface area contributed by atoms with Gasteiger partial charge < -0.3 is 19.4 Å². The Morgan fingerprint density at radius 2 is 2.11 bits per heavy atom. The van der Waals surface area contributed by atoms with Crippen LogP contribution in [-0.2, 0) is 16.1 Å². The number of carbonyl (C=O) groups excluding carboxylic acids is 2. The van der Waals surface area contributed by atoms with Gasteiger partial charge >= 0.3 is 5.97 Å². The number of Topliss-reactive ketones (excluding diaryl/α,β-unsaturated/α-hetero) is 1. The fourth-order valence-corrected chi connectivity index (χ4v) is 2.29. The molecular weight excluding hydrogens is 350 g/mol. The summed E-state index contributed by atoms with van der Waals surface area (Å²) in [5, 5.41) is 20.1. The van der Waals surface area contributed by atoms with Gasteiger partial charge in [0.1, 0.15) is 24.0 Å². The number of rotatable bonds is 8. The maximum Gasteiger partial charge on any atom is 0.338 e. The third kappa shape index (κ3) is 5.01. The van der Waals surface area contributed by atoms with Crippen molar-refractivity contribution in [3.63, 3.8) is 0 Å². The van der Waals surface area contributed by atoms with E-state index >= 15 is 0 Å². The number of hydrogen-bond acceptors (Lipinski definition) is 8. The molecule has 0 unspecified atom stereocenters. The molecule has 0 aliphatic heterocycles. The van der Waals surface area contributed by atoms with Crippen LogP contribution >= 0.6 is 0 Å². The molecule has 0 radical (unpaired) electrons. The van der Waals surface area contributed by atoms with Gasteiger partial charge in [-0.2, -0.15) is 5.26 Å². The average molecular weight is 369 g/mol. The van der Waals surface area contributed by atoms with Gasteiger partial charge in [0.2, 0.25) is 0 Å². The number of ketones is 1. The SMILES string of the molecule is CC(=N)[C@H](C#N)C(=O)COC(=O)c1cccc(OCc2c(C)noc2C)c1. The molecule has 0 fully saturated rings. The molecule has 8 heteroatoms. The van der Waals surface area contributed by atoms with Gasteiger partial charge in [-0.3, -0.25) is 4.79 Å². The molecule has 1 aromatic heterocycles. The molecule has 2 aromatic rings. The first-order valence-electron chi connectivity index (χ1n) is 8.12. The van der Waals surface area contributed by atoms with E-state index in [0.29, 0.717) is 11.5 Å². The predicted octanol–water partition coefficient (Wildman–Crippen LogP) is 2.78. The number of benzene rings is 1. The standard InChI is InChI=1S/C19H19N3O5/c1-11(21)16(8-20)18(23)10-26-19(24)14-5-4-6-15(7-14)25-9-17-12(2)22-27-13(17)3/h4-7,16,21H,9-10H2,1-3H3/t16-/m0/s1. The number of ether oxygens (including phenoxy) is 2. The number of nitriles is 1. The Kier molecular flexibility index (Phi) is 6.44. The second-order valence-electron chi connectivity index (χ2n) is 5.91. The van der Waals surface area contributed by atoms with Crippen LogP contribution < -0.4 is 4.74 Å². The summed E-state index contributed by atoms with van der Waals surface area (Å²) < 4.78 is 15.7. The summed E-state index contributed by atoms with van der Waals surface area (Å²) in [6.45, 7) is 4.62. The number of aryl methyl sites for hydroxylation is 2. The third-order valence-corrected chi connectivity index (χ3v) is 3.86. The summed E-state index contributed by atoms with van der Waals surface area (Å²) in [5.74, 6) is -1.45. The summed E-state index contributed by atoms with van der Waals surface area (Å²) in [4.78, 5) is 24.0. The zero-order chi connectivity index (χ0) is 20.0. The van der Waals surface area contributed by atoms with Crippen molar-refractivity contribution in [1.29, 1.82) is 10.7 Å². The molecular formula is C19H19N3O5. The van der Waals surface area contributed by atoms with Gasteiger partial charge in [0, 0.05) is 5.71 Å². The summed E-state index contributed by atoms with van der Waals surface area (Å²) in [7, 11) is 0. The Morgan fingerprint density at radius 1 is 1.37 bits per heavy atom. The molecule has 0 aliphatic carbocycles. The van der Waals surface area contributed by atoms with Crippen molar-refractivity contribution in [3.8, 4) is 11.8 Å². The first-order valence-corrected chi connectivity index (χ1v) is 8.12. The largest absolute Gasteiger partial charge is 0.489 e.